The third-order valence-electron chi connectivity index (χ3n) is 2.90. The lowest BCUT2D eigenvalue weighted by molar-refractivity contribution is 0.0946. The van der Waals surface area contributed by atoms with Crippen LogP contribution in [0.5, 0.6) is 0 Å². The number of thiazole rings is 1. The normalized spacial score (nSPS) is 10.4. The molecule has 1 amide bonds. The molecule has 100 valence electrons. The van der Waals surface area contributed by atoms with Crippen LogP contribution in [0.4, 0.5) is 0 Å². The first kappa shape index (κ1) is 13.7. The Bertz CT molecular complexity index is 565. The van der Waals surface area contributed by atoms with Crippen molar-refractivity contribution in [1.29, 1.82) is 0 Å². The number of hydrogen-bond donors (Lipinski definition) is 2. The molecule has 0 saturated carbocycles. The minimum atomic E-state index is -0.151. The van der Waals surface area contributed by atoms with E-state index in [1.807, 2.05) is 18.2 Å². The van der Waals surface area contributed by atoms with Crippen LogP contribution in [0, 0.1) is 0 Å². The Morgan fingerprint density at radius 1 is 1.37 bits per heavy atom. The van der Waals surface area contributed by atoms with Crippen molar-refractivity contribution in [1.82, 2.24) is 10.3 Å². The number of nitrogens with two attached hydrogens (primary N) is 1. The maximum atomic E-state index is 11.9. The molecule has 19 heavy (non-hydrogen) atoms. The van der Waals surface area contributed by atoms with Crippen LogP contribution in [0.1, 0.15) is 33.5 Å². The molecule has 3 N–H and O–H groups in total. The molecule has 2 aromatic rings. The molecule has 5 heteroatoms. The molecule has 0 radical (unpaired) electrons. The molecule has 0 unspecified atom stereocenters. The van der Waals surface area contributed by atoms with Gasteiger partial charge in [-0.1, -0.05) is 31.2 Å². The van der Waals surface area contributed by atoms with Crippen molar-refractivity contribution < 1.29 is 4.79 Å². The van der Waals surface area contributed by atoms with Crippen LogP contribution in [0.25, 0.3) is 0 Å². The van der Waals surface area contributed by atoms with Gasteiger partial charge >= 0.3 is 0 Å². The molecule has 0 spiro atoms. The van der Waals surface area contributed by atoms with Crippen LogP contribution in [0.2, 0.25) is 0 Å². The summed E-state index contributed by atoms with van der Waals surface area (Å²) in [5, 5.41) is 5.41. The van der Waals surface area contributed by atoms with Crippen molar-refractivity contribution in [2.45, 2.75) is 26.4 Å². The highest BCUT2D eigenvalue weighted by molar-refractivity contribution is 7.09. The summed E-state index contributed by atoms with van der Waals surface area (Å²) >= 11 is 1.41. The smallest absolute Gasteiger partial charge is 0.271 e. The first-order chi connectivity index (χ1) is 9.24. The van der Waals surface area contributed by atoms with E-state index in [-0.39, 0.29) is 5.91 Å². The summed E-state index contributed by atoms with van der Waals surface area (Å²) in [7, 11) is 0. The van der Waals surface area contributed by atoms with Gasteiger partial charge in [0.25, 0.3) is 5.91 Å². The third kappa shape index (κ3) is 3.39. The summed E-state index contributed by atoms with van der Waals surface area (Å²) < 4.78 is 0. The summed E-state index contributed by atoms with van der Waals surface area (Å²) in [6.45, 7) is 3.00. The van der Waals surface area contributed by atoms with Gasteiger partial charge in [0.15, 0.2) is 0 Å². The molecule has 4 nitrogen and oxygen atoms in total. The van der Waals surface area contributed by atoms with Crippen molar-refractivity contribution in [3.05, 3.63) is 51.5 Å². The fraction of sp³-hybridized carbons (Fsp3) is 0.286. The van der Waals surface area contributed by atoms with Crippen LogP contribution in [-0.2, 0) is 19.5 Å². The summed E-state index contributed by atoms with van der Waals surface area (Å²) in [6, 6.07) is 8.11. The molecule has 1 aromatic carbocycles. The first-order valence-corrected chi connectivity index (χ1v) is 7.12. The molecular formula is C14H17N3OS. The number of hydrogen-bond acceptors (Lipinski definition) is 4. The largest absolute Gasteiger partial charge is 0.347 e. The van der Waals surface area contributed by atoms with E-state index in [2.05, 4.69) is 23.3 Å². The van der Waals surface area contributed by atoms with Gasteiger partial charge in [0.1, 0.15) is 10.7 Å². The van der Waals surface area contributed by atoms with Gasteiger partial charge in [0.2, 0.25) is 0 Å². The number of aryl methyl sites for hydroxylation is 1. The zero-order valence-electron chi connectivity index (χ0n) is 10.8. The molecule has 2 rings (SSSR count). The Labute approximate surface area is 116 Å². The van der Waals surface area contributed by atoms with Gasteiger partial charge in [-0.25, -0.2) is 4.98 Å². The van der Waals surface area contributed by atoms with Gasteiger partial charge in [-0.2, -0.15) is 0 Å². The Kier molecular flexibility index (Phi) is 4.65. The van der Waals surface area contributed by atoms with Gasteiger partial charge in [0, 0.05) is 18.5 Å². The zero-order valence-corrected chi connectivity index (χ0v) is 11.7. The molecular weight excluding hydrogens is 258 g/mol. The van der Waals surface area contributed by atoms with Gasteiger partial charge in [-0.15, -0.1) is 11.3 Å². The first-order valence-electron chi connectivity index (χ1n) is 6.24. The number of rotatable bonds is 5. The fourth-order valence-corrected chi connectivity index (χ4v) is 2.50. The molecule has 0 saturated heterocycles. The van der Waals surface area contributed by atoms with E-state index in [0.717, 1.165) is 17.0 Å². The molecule has 0 aliphatic heterocycles. The van der Waals surface area contributed by atoms with Crippen LogP contribution < -0.4 is 11.1 Å². The van der Waals surface area contributed by atoms with E-state index >= 15 is 0 Å². The maximum Gasteiger partial charge on any atom is 0.271 e. The Morgan fingerprint density at radius 3 is 2.74 bits per heavy atom. The van der Waals surface area contributed by atoms with Crippen molar-refractivity contribution in [3.8, 4) is 0 Å². The Balaban J connectivity index is 2.00. The van der Waals surface area contributed by atoms with Gasteiger partial charge < -0.3 is 11.1 Å². The quantitative estimate of drug-likeness (QED) is 0.878. The van der Waals surface area contributed by atoms with Crippen LogP contribution in [0.15, 0.2) is 29.6 Å². The average molecular weight is 275 g/mol. The van der Waals surface area contributed by atoms with Crippen molar-refractivity contribution >= 4 is 17.2 Å². The SMILES string of the molecule is CCc1ccccc1CNC(=O)c1csc(CN)n1. The number of nitrogens with zero attached hydrogens (tertiary/aromatic N) is 1. The summed E-state index contributed by atoms with van der Waals surface area (Å²) in [5.74, 6) is -0.151. The van der Waals surface area contributed by atoms with Gasteiger partial charge in [-0.3, -0.25) is 4.79 Å². The lowest BCUT2D eigenvalue weighted by atomic mass is 10.1. The summed E-state index contributed by atoms with van der Waals surface area (Å²) in [4.78, 5) is 16.1. The van der Waals surface area contributed by atoms with E-state index in [9.17, 15) is 4.79 Å². The predicted molar refractivity (Wildman–Crippen MR) is 77.0 cm³/mol. The minimum Gasteiger partial charge on any atom is -0.347 e. The van der Waals surface area contributed by atoms with E-state index < -0.39 is 0 Å². The number of benzene rings is 1. The standard InChI is InChI=1S/C14H17N3OS/c1-2-10-5-3-4-6-11(10)8-16-14(18)12-9-19-13(7-15)17-12/h3-6,9H,2,7-8,15H2,1H3,(H,16,18). The number of aromatic nitrogens is 1. The van der Waals surface area contributed by atoms with E-state index in [4.69, 9.17) is 5.73 Å². The number of nitrogens with one attached hydrogen (secondary N) is 1. The van der Waals surface area contributed by atoms with Gasteiger partial charge in [-0.05, 0) is 17.5 Å². The average Bonchev–Trinajstić information content (AvgIpc) is 2.94. The van der Waals surface area contributed by atoms with E-state index in [1.165, 1.54) is 16.9 Å². The predicted octanol–water partition coefficient (Wildman–Crippen LogP) is 2.09. The maximum absolute atomic E-state index is 11.9. The number of amides is 1. The molecule has 0 aliphatic rings. The monoisotopic (exact) mass is 275 g/mol. The molecule has 1 aromatic heterocycles. The number of carbonyl (C=O) groups excluding carboxylic acids is 1. The molecule has 1 heterocycles. The lowest BCUT2D eigenvalue weighted by Crippen LogP contribution is -2.23. The molecule has 0 aliphatic carbocycles. The van der Waals surface area contributed by atoms with E-state index in [1.54, 1.807) is 5.38 Å². The fourth-order valence-electron chi connectivity index (χ4n) is 1.85. The second-order valence-corrected chi connectivity index (χ2v) is 5.08. The highest BCUT2D eigenvalue weighted by Crippen LogP contribution is 2.11. The van der Waals surface area contributed by atoms with Crippen LogP contribution in [0.3, 0.4) is 0 Å². The highest BCUT2D eigenvalue weighted by atomic mass is 32.1. The topological polar surface area (TPSA) is 68.0 Å². The van der Waals surface area contributed by atoms with Crippen LogP contribution in [-0.4, -0.2) is 10.9 Å². The lowest BCUT2D eigenvalue weighted by Gasteiger charge is -2.08. The van der Waals surface area contributed by atoms with Crippen LogP contribution >= 0.6 is 11.3 Å². The van der Waals surface area contributed by atoms with Gasteiger partial charge in [0.05, 0.1) is 0 Å². The minimum absolute atomic E-state index is 0.151. The summed E-state index contributed by atoms with van der Waals surface area (Å²) in [6.07, 6.45) is 0.958. The molecule has 0 bridgehead atoms. The summed E-state index contributed by atoms with van der Waals surface area (Å²) in [5.41, 5.74) is 8.33. The number of carbonyl (C=O) groups is 1. The highest BCUT2D eigenvalue weighted by Gasteiger charge is 2.10. The van der Waals surface area contributed by atoms with Crippen molar-refractivity contribution in [3.63, 3.8) is 0 Å². The Morgan fingerprint density at radius 2 is 2.11 bits per heavy atom. The van der Waals surface area contributed by atoms with Crippen molar-refractivity contribution in [2.75, 3.05) is 0 Å². The third-order valence-corrected chi connectivity index (χ3v) is 3.77. The Hall–Kier alpha value is -1.72. The van der Waals surface area contributed by atoms with Crippen molar-refractivity contribution in [2.24, 2.45) is 5.73 Å². The second kappa shape index (κ2) is 6.45. The van der Waals surface area contributed by atoms with E-state index in [0.29, 0.717) is 18.8 Å². The zero-order chi connectivity index (χ0) is 13.7. The second-order valence-electron chi connectivity index (χ2n) is 4.14. The molecule has 0 fully saturated rings. The molecule has 0 atom stereocenters.